The summed E-state index contributed by atoms with van der Waals surface area (Å²) in [6.07, 6.45) is 7.13. The van der Waals surface area contributed by atoms with Crippen LogP contribution in [0, 0.1) is 12.3 Å². The van der Waals surface area contributed by atoms with Crippen molar-refractivity contribution < 1.29 is 4.79 Å². The highest BCUT2D eigenvalue weighted by molar-refractivity contribution is 6.31. The van der Waals surface area contributed by atoms with Gasteiger partial charge < -0.3 is 4.90 Å². The summed E-state index contributed by atoms with van der Waals surface area (Å²) in [4.78, 5) is 14.1. The van der Waals surface area contributed by atoms with Gasteiger partial charge in [-0.2, -0.15) is 0 Å². The number of hydrogen-bond acceptors (Lipinski definition) is 2. The summed E-state index contributed by atoms with van der Waals surface area (Å²) < 4.78 is 0. The summed E-state index contributed by atoms with van der Waals surface area (Å²) in [7, 11) is 0. The predicted molar refractivity (Wildman–Crippen MR) is 76.8 cm³/mol. The van der Waals surface area contributed by atoms with Gasteiger partial charge in [-0.1, -0.05) is 35.7 Å². The first-order chi connectivity index (χ1) is 9.24. The molecule has 1 fully saturated rings. The fourth-order valence-electron chi connectivity index (χ4n) is 2.48. The fourth-order valence-corrected chi connectivity index (χ4v) is 2.74. The Labute approximate surface area is 118 Å². The zero-order valence-corrected chi connectivity index (χ0v) is 11.5. The van der Waals surface area contributed by atoms with Crippen LogP contribution < -0.4 is 5.32 Å². The molecule has 19 heavy (non-hydrogen) atoms. The lowest BCUT2D eigenvalue weighted by atomic mass is 10.0. The van der Waals surface area contributed by atoms with Gasteiger partial charge in [0, 0.05) is 11.6 Å². The maximum absolute atomic E-state index is 12.2. The van der Waals surface area contributed by atoms with Crippen LogP contribution in [0.1, 0.15) is 24.4 Å². The summed E-state index contributed by atoms with van der Waals surface area (Å²) in [5.74, 6) is 2.54. The van der Waals surface area contributed by atoms with E-state index < -0.39 is 0 Å². The largest absolute Gasteiger partial charge is 0.334 e. The Kier molecular flexibility index (Phi) is 4.84. The second-order valence-electron chi connectivity index (χ2n) is 4.57. The first kappa shape index (κ1) is 13.9. The van der Waals surface area contributed by atoms with Gasteiger partial charge in [-0.05, 0) is 24.5 Å². The van der Waals surface area contributed by atoms with Crippen LogP contribution in [0.2, 0.25) is 5.02 Å². The van der Waals surface area contributed by atoms with E-state index >= 15 is 0 Å². The Morgan fingerprint density at radius 1 is 1.53 bits per heavy atom. The number of rotatable bonds is 4. The molecule has 1 atom stereocenters. The fraction of sp³-hybridized carbons (Fsp3) is 0.400. The maximum Gasteiger partial charge on any atom is 0.237 e. The summed E-state index contributed by atoms with van der Waals surface area (Å²) in [5, 5.41) is 3.66. The number of carbonyl (C=O) groups excluding carboxylic acids is 1. The van der Waals surface area contributed by atoms with Gasteiger partial charge in [0.2, 0.25) is 5.91 Å². The van der Waals surface area contributed by atoms with Gasteiger partial charge in [-0.25, -0.2) is 0 Å². The molecule has 1 aromatic carbocycles. The minimum atomic E-state index is 0.0812. The third kappa shape index (κ3) is 3.28. The predicted octanol–water partition coefficient (Wildman–Crippen LogP) is 2.23. The molecular weight excluding hydrogens is 260 g/mol. The van der Waals surface area contributed by atoms with Gasteiger partial charge in [0.15, 0.2) is 0 Å². The van der Waals surface area contributed by atoms with Crippen molar-refractivity contribution in [3.63, 3.8) is 0 Å². The number of terminal acetylenes is 1. The first-order valence-electron chi connectivity index (χ1n) is 6.42. The molecule has 0 radical (unpaired) electrons. The number of hydrogen-bond donors (Lipinski definition) is 1. The molecule has 3 nitrogen and oxygen atoms in total. The molecule has 1 saturated heterocycles. The molecule has 2 rings (SSSR count). The molecule has 1 aliphatic rings. The van der Waals surface area contributed by atoms with E-state index in [2.05, 4.69) is 11.2 Å². The van der Waals surface area contributed by atoms with Crippen molar-refractivity contribution in [3.8, 4) is 12.3 Å². The van der Waals surface area contributed by atoms with E-state index in [9.17, 15) is 4.79 Å². The maximum atomic E-state index is 12.2. The first-order valence-corrected chi connectivity index (χ1v) is 6.80. The summed E-state index contributed by atoms with van der Waals surface area (Å²) in [6.45, 7) is 1.48. The van der Waals surface area contributed by atoms with Crippen molar-refractivity contribution in [2.75, 3.05) is 19.6 Å². The molecule has 1 heterocycles. The highest BCUT2D eigenvalue weighted by Crippen LogP contribution is 2.35. The number of halogens is 1. The SMILES string of the molecule is C#CCNCC(=O)N1CCCC1c1ccccc1Cl. The van der Waals surface area contributed by atoms with E-state index in [-0.39, 0.29) is 18.5 Å². The van der Waals surface area contributed by atoms with Crippen LogP contribution in [0.15, 0.2) is 24.3 Å². The van der Waals surface area contributed by atoms with Gasteiger partial charge in [-0.3, -0.25) is 10.1 Å². The van der Waals surface area contributed by atoms with Crippen LogP contribution in [-0.4, -0.2) is 30.4 Å². The molecule has 1 N–H and O–H groups in total. The van der Waals surface area contributed by atoms with Crippen LogP contribution in [0.3, 0.4) is 0 Å². The number of nitrogens with one attached hydrogen (secondary N) is 1. The van der Waals surface area contributed by atoms with Crippen LogP contribution >= 0.6 is 11.6 Å². The van der Waals surface area contributed by atoms with E-state index in [4.69, 9.17) is 18.0 Å². The quantitative estimate of drug-likeness (QED) is 0.676. The Balaban J connectivity index is 2.07. The molecule has 0 spiro atoms. The third-order valence-corrected chi connectivity index (χ3v) is 3.68. The van der Waals surface area contributed by atoms with Crippen molar-refractivity contribution in [2.45, 2.75) is 18.9 Å². The lowest BCUT2D eigenvalue weighted by Crippen LogP contribution is -2.37. The number of benzene rings is 1. The molecule has 0 bridgehead atoms. The topological polar surface area (TPSA) is 32.3 Å². The van der Waals surface area contributed by atoms with Gasteiger partial charge >= 0.3 is 0 Å². The van der Waals surface area contributed by atoms with Crippen molar-refractivity contribution in [1.82, 2.24) is 10.2 Å². The third-order valence-electron chi connectivity index (χ3n) is 3.34. The van der Waals surface area contributed by atoms with E-state index in [1.165, 1.54) is 0 Å². The second-order valence-corrected chi connectivity index (χ2v) is 4.98. The zero-order valence-electron chi connectivity index (χ0n) is 10.7. The average molecular weight is 277 g/mol. The Morgan fingerprint density at radius 3 is 3.05 bits per heavy atom. The Morgan fingerprint density at radius 2 is 2.32 bits per heavy atom. The lowest BCUT2D eigenvalue weighted by Gasteiger charge is -2.26. The van der Waals surface area contributed by atoms with Gasteiger partial charge in [0.05, 0.1) is 19.1 Å². The van der Waals surface area contributed by atoms with Crippen molar-refractivity contribution in [1.29, 1.82) is 0 Å². The average Bonchev–Trinajstić information content (AvgIpc) is 2.88. The number of nitrogens with zero attached hydrogens (tertiary/aromatic N) is 1. The van der Waals surface area contributed by atoms with Crippen LogP contribution in [-0.2, 0) is 4.79 Å². The molecule has 4 heteroatoms. The van der Waals surface area contributed by atoms with Crippen LogP contribution in [0.4, 0.5) is 0 Å². The molecular formula is C15H17ClN2O. The molecule has 1 aromatic rings. The van der Waals surface area contributed by atoms with Crippen LogP contribution in [0.25, 0.3) is 0 Å². The number of likely N-dealkylation sites (tertiary alicyclic amines) is 1. The normalized spacial score (nSPS) is 18.3. The van der Waals surface area contributed by atoms with Gasteiger partial charge in [0.25, 0.3) is 0 Å². The molecule has 0 aromatic heterocycles. The van der Waals surface area contributed by atoms with E-state index in [1.54, 1.807) is 0 Å². The van der Waals surface area contributed by atoms with E-state index in [1.807, 2.05) is 29.2 Å². The zero-order chi connectivity index (χ0) is 13.7. The van der Waals surface area contributed by atoms with Crippen molar-refractivity contribution >= 4 is 17.5 Å². The smallest absolute Gasteiger partial charge is 0.237 e. The highest BCUT2D eigenvalue weighted by Gasteiger charge is 2.30. The van der Waals surface area contributed by atoms with Crippen molar-refractivity contribution in [3.05, 3.63) is 34.9 Å². The Hall–Kier alpha value is -1.50. The monoisotopic (exact) mass is 276 g/mol. The molecule has 1 aliphatic heterocycles. The minimum absolute atomic E-state index is 0.0812. The second kappa shape index (κ2) is 6.60. The van der Waals surface area contributed by atoms with E-state index in [0.717, 1.165) is 30.0 Å². The molecule has 1 unspecified atom stereocenters. The lowest BCUT2D eigenvalue weighted by molar-refractivity contribution is -0.131. The summed E-state index contributed by atoms with van der Waals surface area (Å²) in [6, 6.07) is 7.82. The summed E-state index contributed by atoms with van der Waals surface area (Å²) >= 11 is 6.22. The summed E-state index contributed by atoms with van der Waals surface area (Å²) in [5.41, 5.74) is 1.03. The molecule has 1 amide bonds. The van der Waals surface area contributed by atoms with Gasteiger partial charge in [-0.15, -0.1) is 6.42 Å². The molecule has 0 aliphatic carbocycles. The minimum Gasteiger partial charge on any atom is -0.334 e. The van der Waals surface area contributed by atoms with E-state index in [0.29, 0.717) is 6.54 Å². The number of amides is 1. The van der Waals surface area contributed by atoms with Crippen LogP contribution in [0.5, 0.6) is 0 Å². The Bertz CT molecular complexity index is 495. The standard InChI is InChI=1S/C15H17ClN2O/c1-2-9-17-11-15(19)18-10-5-8-14(18)12-6-3-4-7-13(12)16/h1,3-4,6-7,14,17H,5,8-11H2. The van der Waals surface area contributed by atoms with Crippen molar-refractivity contribution in [2.24, 2.45) is 0 Å². The molecule has 0 saturated carbocycles. The number of carbonyl (C=O) groups is 1. The highest BCUT2D eigenvalue weighted by atomic mass is 35.5. The molecule has 100 valence electrons. The van der Waals surface area contributed by atoms with Gasteiger partial charge in [0.1, 0.15) is 0 Å².